The number of benzene rings is 4. The van der Waals surface area contributed by atoms with E-state index in [2.05, 4.69) is 44.3 Å². The predicted octanol–water partition coefficient (Wildman–Crippen LogP) is 7.97. The third-order valence-electron chi connectivity index (χ3n) is 7.16. The van der Waals surface area contributed by atoms with E-state index in [0.717, 1.165) is 46.1 Å². The van der Waals surface area contributed by atoms with Crippen molar-refractivity contribution in [3.8, 4) is 17.2 Å². The van der Waals surface area contributed by atoms with Crippen LogP contribution in [-0.4, -0.2) is 11.9 Å². The molecule has 0 aromatic heterocycles. The lowest BCUT2D eigenvalue weighted by atomic mass is 9.85. The van der Waals surface area contributed by atoms with Crippen LogP contribution in [0.4, 0.5) is 0 Å². The number of ether oxygens (including phenoxy) is 3. The van der Waals surface area contributed by atoms with Gasteiger partial charge in [0.05, 0.1) is 0 Å². The minimum Gasteiger partial charge on any atom is -0.485 e. The molecule has 0 spiro atoms. The Labute approximate surface area is 228 Å². The molecule has 0 amide bonds. The summed E-state index contributed by atoms with van der Waals surface area (Å²) in [5, 5.41) is 3.47. The van der Waals surface area contributed by atoms with E-state index in [1.54, 1.807) is 13.8 Å². The van der Waals surface area contributed by atoms with Gasteiger partial charge in [0.2, 0.25) is 0 Å². The molecule has 4 aromatic carbocycles. The summed E-state index contributed by atoms with van der Waals surface area (Å²) in [6, 6.07) is 19.9. The molecule has 1 atom stereocenters. The number of esters is 2. The molecule has 5 rings (SSSR count). The predicted molar refractivity (Wildman–Crippen MR) is 154 cm³/mol. The second-order valence-corrected chi connectivity index (χ2v) is 10.1. The zero-order valence-electron chi connectivity index (χ0n) is 22.6. The topological polar surface area (TPSA) is 61.8 Å². The van der Waals surface area contributed by atoms with E-state index in [1.807, 2.05) is 36.4 Å². The van der Waals surface area contributed by atoms with Crippen molar-refractivity contribution in [2.75, 3.05) is 0 Å². The van der Waals surface area contributed by atoms with Crippen LogP contribution in [-0.2, 0) is 22.4 Å². The molecule has 5 nitrogen and oxygen atoms in total. The van der Waals surface area contributed by atoms with Crippen LogP contribution in [0.1, 0.15) is 56.4 Å². The minimum atomic E-state index is -0.516. The van der Waals surface area contributed by atoms with E-state index in [-0.39, 0.29) is 0 Å². The fourth-order valence-electron chi connectivity index (χ4n) is 5.20. The standard InChI is InChI=1S/C34H32O5/c1-6-22-18-19-23-12-7-8-13-24(23)30(22)37-28-17-11-16-27-29(28)32(39-34(36)21(4)5)26-15-10-9-14-25(26)31(27)38-33(35)20(2)3/h7-10,12-15,18-19,28H,2,4,6,11,16-17H2,1,3,5H3. The molecule has 0 aliphatic heterocycles. The Balaban J connectivity index is 1.76. The van der Waals surface area contributed by atoms with Gasteiger partial charge < -0.3 is 14.2 Å². The Morgan fingerprint density at radius 2 is 1.38 bits per heavy atom. The monoisotopic (exact) mass is 520 g/mol. The molecule has 0 saturated heterocycles. The zero-order chi connectivity index (χ0) is 27.7. The van der Waals surface area contributed by atoms with Crippen molar-refractivity contribution >= 4 is 33.5 Å². The molecule has 0 radical (unpaired) electrons. The quantitative estimate of drug-likeness (QED) is 0.140. The van der Waals surface area contributed by atoms with E-state index >= 15 is 0 Å². The number of hydrogen-bond donors (Lipinski definition) is 0. The maximum atomic E-state index is 12.9. The van der Waals surface area contributed by atoms with Gasteiger partial charge in [0, 0.05) is 38.4 Å². The Kier molecular flexibility index (Phi) is 7.25. The summed E-state index contributed by atoms with van der Waals surface area (Å²) in [6.45, 7) is 12.9. The Bertz CT molecular complexity index is 1650. The number of hydrogen-bond acceptors (Lipinski definition) is 5. The Morgan fingerprint density at radius 1 is 0.795 bits per heavy atom. The second-order valence-electron chi connectivity index (χ2n) is 10.1. The fraction of sp³-hybridized carbons (Fsp3) is 0.235. The maximum Gasteiger partial charge on any atom is 0.338 e. The molecule has 198 valence electrons. The van der Waals surface area contributed by atoms with Gasteiger partial charge in [-0.05, 0) is 50.5 Å². The van der Waals surface area contributed by atoms with Gasteiger partial charge >= 0.3 is 11.9 Å². The van der Waals surface area contributed by atoms with Crippen LogP contribution >= 0.6 is 0 Å². The molecular weight excluding hydrogens is 488 g/mol. The van der Waals surface area contributed by atoms with Gasteiger partial charge in [0.25, 0.3) is 0 Å². The molecule has 0 fully saturated rings. The SMILES string of the molecule is C=C(C)C(=O)Oc1c2c(c(OC(=O)C(=C)C)c3ccccc13)C(Oc1c(CC)ccc3ccccc13)CCC2. The van der Waals surface area contributed by atoms with E-state index in [1.165, 1.54) is 0 Å². The smallest absolute Gasteiger partial charge is 0.338 e. The lowest BCUT2D eigenvalue weighted by Crippen LogP contribution is -2.21. The number of fused-ring (bicyclic) bond motifs is 3. The van der Waals surface area contributed by atoms with Gasteiger partial charge in [-0.25, -0.2) is 9.59 Å². The number of aryl methyl sites for hydroxylation is 1. The van der Waals surface area contributed by atoms with E-state index in [4.69, 9.17) is 14.2 Å². The van der Waals surface area contributed by atoms with Crippen LogP contribution in [0.15, 0.2) is 85.0 Å². The molecule has 39 heavy (non-hydrogen) atoms. The first-order chi connectivity index (χ1) is 18.8. The first-order valence-corrected chi connectivity index (χ1v) is 13.3. The number of carbonyl (C=O) groups is 2. The van der Waals surface area contributed by atoms with Crippen molar-refractivity contribution in [3.05, 3.63) is 102 Å². The van der Waals surface area contributed by atoms with Gasteiger partial charge in [0.1, 0.15) is 23.4 Å². The molecular formula is C34H32O5. The van der Waals surface area contributed by atoms with Crippen molar-refractivity contribution in [2.45, 2.75) is 52.6 Å². The highest BCUT2D eigenvalue weighted by atomic mass is 16.5. The molecule has 1 aliphatic carbocycles. The summed E-state index contributed by atoms with van der Waals surface area (Å²) < 4.78 is 18.9. The summed E-state index contributed by atoms with van der Waals surface area (Å²) in [7, 11) is 0. The van der Waals surface area contributed by atoms with Gasteiger partial charge in [0.15, 0.2) is 0 Å². The molecule has 0 N–H and O–H groups in total. The average Bonchev–Trinajstić information content (AvgIpc) is 2.94. The maximum absolute atomic E-state index is 12.9. The largest absolute Gasteiger partial charge is 0.485 e. The molecule has 5 heteroatoms. The van der Waals surface area contributed by atoms with Gasteiger partial charge in [-0.3, -0.25) is 0 Å². The Morgan fingerprint density at radius 3 is 2.03 bits per heavy atom. The minimum absolute atomic E-state index is 0.293. The third kappa shape index (κ3) is 4.92. The fourth-order valence-corrected chi connectivity index (χ4v) is 5.20. The Hall–Kier alpha value is -4.38. The second kappa shape index (κ2) is 10.8. The van der Waals surface area contributed by atoms with E-state index < -0.39 is 18.0 Å². The summed E-state index contributed by atoms with van der Waals surface area (Å²) in [6.07, 6.45) is 2.55. The highest BCUT2D eigenvalue weighted by molar-refractivity contribution is 6.01. The summed E-state index contributed by atoms with van der Waals surface area (Å²) >= 11 is 0. The van der Waals surface area contributed by atoms with Crippen molar-refractivity contribution in [2.24, 2.45) is 0 Å². The molecule has 0 heterocycles. The number of carbonyl (C=O) groups excluding carboxylic acids is 2. The third-order valence-corrected chi connectivity index (χ3v) is 7.16. The van der Waals surface area contributed by atoms with Gasteiger partial charge in [-0.2, -0.15) is 0 Å². The molecule has 0 saturated carbocycles. The van der Waals surface area contributed by atoms with Crippen molar-refractivity contribution in [3.63, 3.8) is 0 Å². The van der Waals surface area contributed by atoms with Crippen molar-refractivity contribution in [1.82, 2.24) is 0 Å². The van der Waals surface area contributed by atoms with Crippen LogP contribution in [0.5, 0.6) is 17.2 Å². The number of rotatable bonds is 7. The molecule has 1 unspecified atom stereocenters. The molecule has 0 bridgehead atoms. The van der Waals surface area contributed by atoms with Crippen LogP contribution in [0.2, 0.25) is 0 Å². The van der Waals surface area contributed by atoms with Crippen LogP contribution in [0, 0.1) is 0 Å². The summed E-state index contributed by atoms with van der Waals surface area (Å²) in [5.74, 6) is 0.689. The van der Waals surface area contributed by atoms with Crippen molar-refractivity contribution < 1.29 is 23.8 Å². The molecule has 4 aromatic rings. The van der Waals surface area contributed by atoms with E-state index in [9.17, 15) is 9.59 Å². The van der Waals surface area contributed by atoms with E-state index in [0.29, 0.717) is 46.3 Å². The first kappa shape index (κ1) is 26.2. The zero-order valence-corrected chi connectivity index (χ0v) is 22.6. The lowest BCUT2D eigenvalue weighted by Gasteiger charge is -2.31. The van der Waals surface area contributed by atoms with Crippen LogP contribution < -0.4 is 14.2 Å². The van der Waals surface area contributed by atoms with Crippen LogP contribution in [0.3, 0.4) is 0 Å². The highest BCUT2D eigenvalue weighted by Gasteiger charge is 2.34. The normalized spacial score (nSPS) is 14.5. The summed E-state index contributed by atoms with van der Waals surface area (Å²) in [5.41, 5.74) is 3.23. The van der Waals surface area contributed by atoms with Crippen molar-refractivity contribution in [1.29, 1.82) is 0 Å². The summed E-state index contributed by atoms with van der Waals surface area (Å²) in [4.78, 5) is 25.6. The average molecular weight is 521 g/mol. The highest BCUT2D eigenvalue weighted by Crippen LogP contribution is 2.50. The van der Waals surface area contributed by atoms with Gasteiger partial charge in [-0.1, -0.05) is 80.7 Å². The van der Waals surface area contributed by atoms with Crippen LogP contribution in [0.25, 0.3) is 21.5 Å². The van der Waals surface area contributed by atoms with Gasteiger partial charge in [-0.15, -0.1) is 0 Å². The molecule has 1 aliphatic rings. The first-order valence-electron chi connectivity index (χ1n) is 13.3. The lowest BCUT2D eigenvalue weighted by molar-refractivity contribution is -0.131.